The SMILES string of the molecule is S=P1(c2ccccc2)c2ccc(-n3c4ccccc4c4cc5c(cc43)N(c3ccccc3)C3C=CC=CC53)cc2Oc2cc(-n3c4ccccc4c4cc5c6ccccc6n(-c6ccccc6)c5cc43)ccc21. The van der Waals surface area contributed by atoms with Crippen molar-refractivity contribution in [3.05, 3.63) is 254 Å². The Morgan fingerprint density at radius 3 is 1.41 bits per heavy atom. The Morgan fingerprint density at radius 2 is 0.836 bits per heavy atom. The molecular weight excluding hydrogens is 928 g/mol. The molecule has 16 rings (SSSR count). The predicted molar refractivity (Wildman–Crippen MR) is 309 cm³/mol. The highest BCUT2D eigenvalue weighted by atomic mass is 32.4. The van der Waals surface area contributed by atoms with Gasteiger partial charge in [-0.25, -0.2) is 0 Å². The minimum atomic E-state index is -2.62. The lowest BCUT2D eigenvalue weighted by molar-refractivity contribution is 0.488. The molecule has 0 bridgehead atoms. The largest absolute Gasteiger partial charge is 0.456 e. The van der Waals surface area contributed by atoms with Crippen molar-refractivity contribution < 1.29 is 4.74 Å². The molecule has 5 nitrogen and oxygen atoms in total. The van der Waals surface area contributed by atoms with Crippen LogP contribution in [0.25, 0.3) is 82.5 Å². The summed E-state index contributed by atoms with van der Waals surface area (Å²) in [5.41, 5.74) is 13.9. The predicted octanol–water partition coefficient (Wildman–Crippen LogP) is 15.6. The summed E-state index contributed by atoms with van der Waals surface area (Å²) in [6, 6.07) is 79.4. The number of hydrogen-bond donors (Lipinski definition) is 0. The van der Waals surface area contributed by atoms with E-state index < -0.39 is 6.04 Å². The lowest BCUT2D eigenvalue weighted by Gasteiger charge is -2.33. The molecule has 0 N–H and O–H groups in total. The summed E-state index contributed by atoms with van der Waals surface area (Å²) in [5, 5.41) is 10.6. The van der Waals surface area contributed by atoms with E-state index in [0.717, 1.165) is 72.1 Å². The molecule has 344 valence electrons. The van der Waals surface area contributed by atoms with E-state index in [1.54, 1.807) is 0 Å². The second kappa shape index (κ2) is 15.4. The van der Waals surface area contributed by atoms with Gasteiger partial charge in [0.2, 0.25) is 0 Å². The summed E-state index contributed by atoms with van der Waals surface area (Å²) < 4.78 is 14.6. The zero-order valence-corrected chi connectivity index (χ0v) is 41.1. The minimum Gasteiger partial charge on any atom is -0.456 e. The molecule has 0 radical (unpaired) electrons. The van der Waals surface area contributed by atoms with Gasteiger partial charge in [0.25, 0.3) is 0 Å². The fraction of sp³-hybridized carbons (Fsp3) is 0.0303. The Bertz CT molecular complexity index is 4590. The highest BCUT2D eigenvalue weighted by Crippen LogP contribution is 2.54. The summed E-state index contributed by atoms with van der Waals surface area (Å²) in [5.74, 6) is 1.84. The fourth-order valence-corrected chi connectivity index (χ4v) is 16.7. The number of ether oxygens (including phenoxy) is 1. The van der Waals surface area contributed by atoms with Crippen LogP contribution >= 0.6 is 6.04 Å². The van der Waals surface area contributed by atoms with E-state index in [1.165, 1.54) is 54.8 Å². The number of aromatic nitrogens is 3. The topological polar surface area (TPSA) is 27.3 Å². The van der Waals surface area contributed by atoms with Crippen LogP contribution < -0.4 is 25.6 Å². The van der Waals surface area contributed by atoms with E-state index in [1.807, 2.05) is 0 Å². The van der Waals surface area contributed by atoms with Gasteiger partial charge >= 0.3 is 0 Å². The van der Waals surface area contributed by atoms with Crippen molar-refractivity contribution in [3.8, 4) is 28.6 Å². The van der Waals surface area contributed by atoms with Crippen LogP contribution in [-0.2, 0) is 11.8 Å². The second-order valence-electron chi connectivity index (χ2n) is 19.6. The molecule has 13 aromatic rings. The Balaban J connectivity index is 0.901. The molecule has 1 aliphatic carbocycles. The molecule has 3 aromatic heterocycles. The van der Waals surface area contributed by atoms with Crippen LogP contribution in [0, 0.1) is 0 Å². The molecule has 5 heterocycles. The number of hydrogen-bond acceptors (Lipinski definition) is 3. The average Bonchev–Trinajstić information content (AvgIpc) is 4.16. The first-order chi connectivity index (χ1) is 36.1. The molecule has 0 fully saturated rings. The molecule has 10 aromatic carbocycles. The molecule has 3 unspecified atom stereocenters. The van der Waals surface area contributed by atoms with Gasteiger partial charge in [-0.1, -0.05) is 157 Å². The van der Waals surface area contributed by atoms with Gasteiger partial charge in [-0.3, -0.25) is 0 Å². The molecule has 0 saturated heterocycles. The normalized spacial score (nSPS) is 17.7. The maximum absolute atomic E-state index is 7.33. The van der Waals surface area contributed by atoms with Gasteiger partial charge < -0.3 is 23.3 Å². The number of fused-ring (bicyclic) bond motifs is 14. The van der Waals surface area contributed by atoms with Gasteiger partial charge in [-0.2, -0.15) is 0 Å². The maximum Gasteiger partial charge on any atom is 0.138 e. The average molecular weight is 971 g/mol. The molecule has 73 heavy (non-hydrogen) atoms. The first-order valence-corrected chi connectivity index (χ1v) is 27.8. The van der Waals surface area contributed by atoms with Crippen molar-refractivity contribution in [2.45, 2.75) is 12.0 Å². The van der Waals surface area contributed by atoms with Crippen molar-refractivity contribution >= 4 is 111 Å². The van der Waals surface area contributed by atoms with Gasteiger partial charge in [-0.05, 0) is 102 Å². The number of allylic oxidation sites excluding steroid dienone is 2. The molecule has 3 aliphatic rings. The van der Waals surface area contributed by atoms with E-state index in [4.69, 9.17) is 16.5 Å². The third-order valence-electron chi connectivity index (χ3n) is 15.8. The highest BCUT2D eigenvalue weighted by Gasteiger charge is 2.39. The van der Waals surface area contributed by atoms with Crippen molar-refractivity contribution in [3.63, 3.8) is 0 Å². The van der Waals surface area contributed by atoms with Crippen LogP contribution in [0.4, 0.5) is 11.4 Å². The summed E-state index contributed by atoms with van der Waals surface area (Å²) in [4.78, 5) is 2.52. The molecule has 2 aliphatic heterocycles. The smallest absolute Gasteiger partial charge is 0.138 e. The minimum absolute atomic E-state index is 0.197. The molecule has 0 amide bonds. The third kappa shape index (κ3) is 5.76. The summed E-state index contributed by atoms with van der Waals surface area (Å²) in [6.45, 7) is 0. The molecule has 3 atom stereocenters. The Labute approximate surface area is 426 Å². The van der Waals surface area contributed by atoms with Crippen LogP contribution in [0.1, 0.15) is 11.5 Å². The zero-order chi connectivity index (χ0) is 47.9. The second-order valence-corrected chi connectivity index (χ2v) is 23.9. The van der Waals surface area contributed by atoms with Crippen LogP contribution in [0.3, 0.4) is 0 Å². The lowest BCUT2D eigenvalue weighted by atomic mass is 9.90. The quantitative estimate of drug-likeness (QED) is 0.161. The van der Waals surface area contributed by atoms with E-state index in [9.17, 15) is 0 Å². The number of para-hydroxylation sites is 5. The van der Waals surface area contributed by atoms with Gasteiger partial charge in [0.15, 0.2) is 0 Å². The summed E-state index contributed by atoms with van der Waals surface area (Å²) in [7, 11) is 0. The van der Waals surface area contributed by atoms with E-state index in [-0.39, 0.29) is 12.0 Å². The van der Waals surface area contributed by atoms with Crippen LogP contribution in [0.5, 0.6) is 11.5 Å². The van der Waals surface area contributed by atoms with Gasteiger partial charge in [0.05, 0.1) is 39.1 Å². The first kappa shape index (κ1) is 41.0. The van der Waals surface area contributed by atoms with Crippen molar-refractivity contribution in [2.75, 3.05) is 4.90 Å². The first-order valence-electron chi connectivity index (χ1n) is 25.0. The van der Waals surface area contributed by atoms with Crippen molar-refractivity contribution in [1.82, 2.24) is 13.7 Å². The fourth-order valence-electron chi connectivity index (χ4n) is 12.7. The lowest BCUT2D eigenvalue weighted by Crippen LogP contribution is -2.30. The maximum atomic E-state index is 7.33. The zero-order valence-electron chi connectivity index (χ0n) is 39.4. The van der Waals surface area contributed by atoms with Crippen LogP contribution in [-0.4, -0.2) is 19.7 Å². The van der Waals surface area contributed by atoms with Crippen molar-refractivity contribution in [2.24, 2.45) is 0 Å². The Kier molecular flexibility index (Phi) is 8.66. The third-order valence-corrected chi connectivity index (χ3v) is 20.7. The molecular formula is C66H43N4OPS. The molecule has 0 spiro atoms. The van der Waals surface area contributed by atoms with Gasteiger partial charge in [0.1, 0.15) is 11.5 Å². The number of nitrogens with zero attached hydrogens (tertiary/aromatic N) is 4. The van der Waals surface area contributed by atoms with E-state index >= 15 is 0 Å². The van der Waals surface area contributed by atoms with E-state index in [0.29, 0.717) is 0 Å². The number of rotatable bonds is 5. The van der Waals surface area contributed by atoms with Crippen molar-refractivity contribution in [1.29, 1.82) is 0 Å². The highest BCUT2D eigenvalue weighted by molar-refractivity contribution is 8.25. The van der Waals surface area contributed by atoms with Crippen LogP contribution in [0.2, 0.25) is 0 Å². The Morgan fingerprint density at radius 1 is 0.370 bits per heavy atom. The van der Waals surface area contributed by atoms with Gasteiger partial charge in [0, 0.05) is 95.5 Å². The standard InChI is InChI=1S/C66H43N4OPS/c73-72(46-22-8-3-9-23-46)65-34-32-44(69-57-30-16-12-26-49(57)53-38-51-47-24-10-14-28-55(47)67(59(51)40-61(53)69)42-18-4-1-5-19-42)36-63(65)71-64-37-45(33-35-66(64)72)70-58-31-17-13-27-50(58)54-39-52-48-25-11-15-29-56(48)68(60(52)41-62(54)70)43-20-6-2-7-21-43/h1-41,47,55H. The number of anilines is 2. The van der Waals surface area contributed by atoms with Crippen LogP contribution in [0.15, 0.2) is 249 Å². The molecule has 7 heteroatoms. The van der Waals surface area contributed by atoms with Gasteiger partial charge in [-0.15, -0.1) is 0 Å². The Hall–Kier alpha value is -8.67. The molecule has 0 saturated carbocycles. The number of benzene rings is 10. The van der Waals surface area contributed by atoms with E-state index in [2.05, 4.69) is 267 Å². The monoisotopic (exact) mass is 970 g/mol. The summed E-state index contributed by atoms with van der Waals surface area (Å²) >= 11 is 7.13. The summed E-state index contributed by atoms with van der Waals surface area (Å²) in [6.07, 6.45) is 9.10.